The molecule has 0 atom stereocenters. The summed E-state index contributed by atoms with van der Waals surface area (Å²) in [5, 5.41) is 13.8. The molecule has 7 heteroatoms. The van der Waals surface area contributed by atoms with Crippen molar-refractivity contribution >= 4 is 11.6 Å². The Morgan fingerprint density at radius 3 is 2.74 bits per heavy atom. The van der Waals surface area contributed by atoms with Crippen molar-refractivity contribution in [2.75, 3.05) is 5.73 Å². The van der Waals surface area contributed by atoms with E-state index >= 15 is 0 Å². The van der Waals surface area contributed by atoms with E-state index < -0.39 is 0 Å². The molecule has 2 aromatic rings. The minimum Gasteiger partial charge on any atom is -0.396 e. The van der Waals surface area contributed by atoms with Crippen LogP contribution in [0.2, 0.25) is 0 Å². The molecule has 0 aromatic carbocycles. The van der Waals surface area contributed by atoms with Crippen molar-refractivity contribution in [3.63, 3.8) is 0 Å². The molecule has 102 valence electrons. The van der Waals surface area contributed by atoms with Crippen LogP contribution >= 0.6 is 0 Å². The average Bonchev–Trinajstić information content (AvgIpc) is 2.87. The van der Waals surface area contributed by atoms with Gasteiger partial charge >= 0.3 is 0 Å². The molecule has 2 heterocycles. The molecule has 0 bridgehead atoms. The van der Waals surface area contributed by atoms with Crippen LogP contribution in [0.25, 0.3) is 0 Å². The third kappa shape index (κ3) is 2.75. The number of nitrogens with two attached hydrogens (primary N) is 1. The zero-order valence-corrected chi connectivity index (χ0v) is 11.3. The molecule has 0 aliphatic heterocycles. The summed E-state index contributed by atoms with van der Waals surface area (Å²) in [4.78, 5) is 11.8. The molecule has 1 amide bonds. The smallest absolute Gasteiger partial charge is 0.242 e. The Balaban J connectivity index is 1.94. The molecule has 2 rings (SSSR count). The minimum atomic E-state index is -0.105. The number of nitrogens with zero attached hydrogens (tertiary/aromatic N) is 3. The second-order valence-corrected chi connectivity index (χ2v) is 4.54. The molecule has 0 aliphatic rings. The lowest BCUT2D eigenvalue weighted by Gasteiger charge is -2.06. The van der Waals surface area contributed by atoms with Crippen molar-refractivity contribution in [2.24, 2.45) is 0 Å². The molecule has 7 nitrogen and oxygen atoms in total. The summed E-state index contributed by atoms with van der Waals surface area (Å²) in [7, 11) is 0. The van der Waals surface area contributed by atoms with E-state index in [1.807, 2.05) is 20.8 Å². The zero-order valence-electron chi connectivity index (χ0n) is 11.3. The predicted octanol–water partition coefficient (Wildman–Crippen LogP) is 0.430. The first kappa shape index (κ1) is 13.1. The monoisotopic (exact) mass is 262 g/mol. The number of aromatic amines is 1. The minimum absolute atomic E-state index is 0.105. The first-order valence-electron chi connectivity index (χ1n) is 6.04. The summed E-state index contributed by atoms with van der Waals surface area (Å²) in [5.41, 5.74) is 9.95. The van der Waals surface area contributed by atoms with Gasteiger partial charge in [-0.25, -0.2) is 0 Å². The molecular weight excluding hydrogens is 244 g/mol. The lowest BCUT2D eigenvalue weighted by atomic mass is 10.2. The summed E-state index contributed by atoms with van der Waals surface area (Å²) in [5.74, 6) is -0.105. The normalized spacial score (nSPS) is 10.7. The molecule has 19 heavy (non-hydrogen) atoms. The Labute approximate surface area is 111 Å². The second-order valence-electron chi connectivity index (χ2n) is 4.54. The van der Waals surface area contributed by atoms with Crippen LogP contribution in [-0.2, 0) is 17.9 Å². The zero-order chi connectivity index (χ0) is 14.0. The first-order valence-corrected chi connectivity index (χ1v) is 6.04. The largest absolute Gasteiger partial charge is 0.396 e. The number of aryl methyl sites for hydroxylation is 2. The molecule has 4 N–H and O–H groups in total. The van der Waals surface area contributed by atoms with E-state index in [1.54, 1.807) is 10.9 Å². The highest BCUT2D eigenvalue weighted by atomic mass is 16.2. The molecule has 0 radical (unpaired) electrons. The van der Waals surface area contributed by atoms with Crippen LogP contribution in [-0.4, -0.2) is 25.9 Å². The number of hydrogen-bond acceptors (Lipinski definition) is 4. The van der Waals surface area contributed by atoms with Gasteiger partial charge in [-0.2, -0.15) is 10.2 Å². The molecule has 0 unspecified atom stereocenters. The maximum atomic E-state index is 11.8. The van der Waals surface area contributed by atoms with Gasteiger partial charge in [0.25, 0.3) is 0 Å². The lowest BCUT2D eigenvalue weighted by Crippen LogP contribution is -2.28. The lowest BCUT2D eigenvalue weighted by molar-refractivity contribution is -0.122. The van der Waals surface area contributed by atoms with E-state index in [9.17, 15) is 4.79 Å². The van der Waals surface area contributed by atoms with Crippen molar-refractivity contribution in [1.82, 2.24) is 25.3 Å². The fraction of sp³-hybridized carbons (Fsp3) is 0.417. The maximum absolute atomic E-state index is 11.8. The molecule has 0 saturated carbocycles. The van der Waals surface area contributed by atoms with Crippen molar-refractivity contribution in [3.8, 4) is 0 Å². The highest BCUT2D eigenvalue weighted by Gasteiger charge is 2.11. The second kappa shape index (κ2) is 5.13. The van der Waals surface area contributed by atoms with Gasteiger partial charge in [0.2, 0.25) is 5.91 Å². The Hall–Kier alpha value is -2.31. The Bertz CT molecular complexity index is 597. The van der Waals surface area contributed by atoms with Crippen LogP contribution in [0.3, 0.4) is 0 Å². The fourth-order valence-corrected chi connectivity index (χ4v) is 1.80. The van der Waals surface area contributed by atoms with E-state index in [0.29, 0.717) is 12.2 Å². The van der Waals surface area contributed by atoms with Crippen molar-refractivity contribution < 1.29 is 4.79 Å². The van der Waals surface area contributed by atoms with Gasteiger partial charge < -0.3 is 11.1 Å². The first-order chi connectivity index (χ1) is 8.99. The Morgan fingerprint density at radius 1 is 1.47 bits per heavy atom. The third-order valence-electron chi connectivity index (χ3n) is 3.14. The van der Waals surface area contributed by atoms with Crippen molar-refractivity contribution in [2.45, 2.75) is 33.9 Å². The number of carbonyl (C=O) groups is 1. The summed E-state index contributed by atoms with van der Waals surface area (Å²) < 4.78 is 1.61. The number of amides is 1. The fourth-order valence-electron chi connectivity index (χ4n) is 1.80. The summed E-state index contributed by atoms with van der Waals surface area (Å²) in [6.07, 6.45) is 1.71. The topological polar surface area (TPSA) is 102 Å². The van der Waals surface area contributed by atoms with Gasteiger partial charge in [-0.1, -0.05) is 0 Å². The molecule has 2 aromatic heterocycles. The highest BCUT2D eigenvalue weighted by Crippen LogP contribution is 2.14. The highest BCUT2D eigenvalue weighted by molar-refractivity contribution is 5.76. The van der Waals surface area contributed by atoms with E-state index in [4.69, 9.17) is 5.73 Å². The summed E-state index contributed by atoms with van der Waals surface area (Å²) in [6.45, 7) is 6.21. The van der Waals surface area contributed by atoms with Gasteiger partial charge in [-0.3, -0.25) is 14.6 Å². The van der Waals surface area contributed by atoms with Crippen molar-refractivity contribution in [1.29, 1.82) is 0 Å². The molecule has 0 aliphatic carbocycles. The summed E-state index contributed by atoms with van der Waals surface area (Å²) >= 11 is 0. The Morgan fingerprint density at radius 2 is 2.21 bits per heavy atom. The van der Waals surface area contributed by atoms with Crippen LogP contribution in [0.4, 0.5) is 5.69 Å². The van der Waals surface area contributed by atoms with Gasteiger partial charge in [-0.05, 0) is 20.8 Å². The number of nitrogen functional groups attached to an aromatic ring is 1. The van der Waals surface area contributed by atoms with E-state index in [2.05, 4.69) is 20.6 Å². The predicted molar refractivity (Wildman–Crippen MR) is 71.3 cm³/mol. The molecule has 0 saturated heterocycles. The van der Waals surface area contributed by atoms with Crippen LogP contribution in [0.1, 0.15) is 22.6 Å². The van der Waals surface area contributed by atoms with Gasteiger partial charge in [-0.15, -0.1) is 0 Å². The molecule has 0 spiro atoms. The van der Waals surface area contributed by atoms with Crippen molar-refractivity contribution in [3.05, 3.63) is 28.8 Å². The van der Waals surface area contributed by atoms with Gasteiger partial charge in [0.1, 0.15) is 6.54 Å². The van der Waals surface area contributed by atoms with Crippen LogP contribution in [0, 0.1) is 20.8 Å². The number of carbonyl (C=O) groups excluding carboxylic acids is 1. The SMILES string of the molecule is Cc1nn(CC(=O)NCc2cn[nH]c2C)c(C)c1N. The Kier molecular flexibility index (Phi) is 3.55. The van der Waals surface area contributed by atoms with Crippen LogP contribution < -0.4 is 11.1 Å². The maximum Gasteiger partial charge on any atom is 0.242 e. The quantitative estimate of drug-likeness (QED) is 0.743. The summed E-state index contributed by atoms with van der Waals surface area (Å²) in [6, 6.07) is 0. The average molecular weight is 262 g/mol. The number of hydrogen-bond donors (Lipinski definition) is 3. The number of anilines is 1. The number of rotatable bonds is 4. The third-order valence-corrected chi connectivity index (χ3v) is 3.14. The van der Waals surface area contributed by atoms with Crippen LogP contribution in [0.5, 0.6) is 0 Å². The molecular formula is C12H18N6O. The van der Waals surface area contributed by atoms with Crippen LogP contribution in [0.15, 0.2) is 6.20 Å². The van der Waals surface area contributed by atoms with Gasteiger partial charge in [0, 0.05) is 17.8 Å². The standard InChI is InChI=1S/C12H18N6O/c1-7-10(5-15-16-7)4-14-11(19)6-18-9(3)12(13)8(2)17-18/h5H,4,6,13H2,1-3H3,(H,14,19)(H,15,16). The molecule has 0 fully saturated rings. The number of nitrogens with one attached hydrogen (secondary N) is 2. The van der Waals surface area contributed by atoms with E-state index in [1.165, 1.54) is 0 Å². The van der Waals surface area contributed by atoms with Gasteiger partial charge in [0.15, 0.2) is 0 Å². The van der Waals surface area contributed by atoms with Gasteiger partial charge in [0.05, 0.1) is 23.3 Å². The number of aromatic nitrogens is 4. The van der Waals surface area contributed by atoms with E-state index in [-0.39, 0.29) is 12.5 Å². The number of H-pyrrole nitrogens is 1. The van der Waals surface area contributed by atoms with E-state index in [0.717, 1.165) is 22.6 Å².